The van der Waals surface area contributed by atoms with E-state index in [0.717, 1.165) is 28.8 Å². The van der Waals surface area contributed by atoms with Crippen LogP contribution in [0.3, 0.4) is 0 Å². The van der Waals surface area contributed by atoms with E-state index >= 15 is 0 Å². The zero-order valence-corrected chi connectivity index (χ0v) is 10.6. The van der Waals surface area contributed by atoms with Crippen LogP contribution in [0.2, 0.25) is 0 Å². The molecule has 2 nitrogen and oxygen atoms in total. The quantitative estimate of drug-likeness (QED) is 0.771. The van der Waals surface area contributed by atoms with Crippen molar-refractivity contribution in [1.29, 1.82) is 0 Å². The van der Waals surface area contributed by atoms with Crippen molar-refractivity contribution in [3.05, 3.63) is 57.3 Å². The lowest BCUT2D eigenvalue weighted by Crippen LogP contribution is -2.12. The van der Waals surface area contributed by atoms with Gasteiger partial charge in [-0.2, -0.15) is 0 Å². The minimum absolute atomic E-state index is 0.00572. The van der Waals surface area contributed by atoms with Crippen molar-refractivity contribution in [3.8, 4) is 0 Å². The molecule has 1 aliphatic rings. The predicted molar refractivity (Wildman–Crippen MR) is 71.5 cm³/mol. The molecule has 1 aromatic carbocycles. The lowest BCUT2D eigenvalue weighted by Gasteiger charge is -2.15. The third-order valence-corrected chi connectivity index (χ3v) is 4.14. The van der Waals surface area contributed by atoms with Gasteiger partial charge < -0.3 is 0 Å². The summed E-state index contributed by atoms with van der Waals surface area (Å²) in [6.45, 7) is 0. The molecule has 3 rings (SSSR count). The maximum Gasteiger partial charge on any atom is 0.202 e. The molecule has 0 fully saturated rings. The third-order valence-electron chi connectivity index (χ3n) is 3.27. The first-order chi connectivity index (χ1) is 8.75. The van der Waals surface area contributed by atoms with Crippen molar-refractivity contribution in [2.24, 2.45) is 0 Å². The molecule has 1 aromatic heterocycles. The first-order valence-corrected chi connectivity index (χ1v) is 6.88. The maximum atomic E-state index is 12.2. The van der Waals surface area contributed by atoms with Crippen LogP contribution in [-0.4, -0.2) is 11.6 Å². The zero-order valence-electron chi connectivity index (χ0n) is 9.81. The second-order valence-corrected chi connectivity index (χ2v) is 5.40. The van der Waals surface area contributed by atoms with E-state index in [1.807, 2.05) is 29.6 Å². The second-order valence-electron chi connectivity index (χ2n) is 4.46. The van der Waals surface area contributed by atoms with Gasteiger partial charge in [0.2, 0.25) is 5.78 Å². The molecule has 2 aromatic rings. The van der Waals surface area contributed by atoms with Crippen LogP contribution in [0.1, 0.15) is 44.0 Å². The number of thiophene rings is 1. The molecule has 0 bridgehead atoms. The molecule has 1 aliphatic carbocycles. The van der Waals surface area contributed by atoms with Crippen molar-refractivity contribution >= 4 is 22.9 Å². The van der Waals surface area contributed by atoms with Gasteiger partial charge in [0.25, 0.3) is 0 Å². The molecule has 1 heterocycles. The normalized spacial score (nSPS) is 14.3. The first-order valence-electron chi connectivity index (χ1n) is 6.00. The fourth-order valence-corrected chi connectivity index (χ4v) is 3.01. The summed E-state index contributed by atoms with van der Waals surface area (Å²) in [6.07, 6.45) is 2.46. The van der Waals surface area contributed by atoms with E-state index in [1.165, 1.54) is 11.3 Å². The summed E-state index contributed by atoms with van der Waals surface area (Å²) in [5.41, 5.74) is 2.43. The Kier molecular flexibility index (Phi) is 2.84. The summed E-state index contributed by atoms with van der Waals surface area (Å²) in [6, 6.07) is 9.20. The molecule has 0 atom stereocenters. The molecule has 0 aliphatic heterocycles. The van der Waals surface area contributed by atoms with E-state index in [4.69, 9.17) is 0 Å². The fraction of sp³-hybridized carbons (Fsp3) is 0.200. The smallest absolute Gasteiger partial charge is 0.202 e. The Hall–Kier alpha value is -1.74. The molecule has 18 heavy (non-hydrogen) atoms. The lowest BCUT2D eigenvalue weighted by molar-refractivity contribution is 0.0972. The van der Waals surface area contributed by atoms with Gasteiger partial charge in [-0.25, -0.2) is 0 Å². The summed E-state index contributed by atoms with van der Waals surface area (Å²) >= 11 is 1.43. The summed E-state index contributed by atoms with van der Waals surface area (Å²) in [5.74, 6) is 0.170. The highest BCUT2D eigenvalue weighted by Gasteiger charge is 2.19. The van der Waals surface area contributed by atoms with Crippen LogP contribution >= 0.6 is 11.3 Å². The van der Waals surface area contributed by atoms with Crippen LogP contribution in [0.15, 0.2) is 35.7 Å². The predicted octanol–water partition coefficient (Wildman–Crippen LogP) is 3.50. The zero-order chi connectivity index (χ0) is 12.5. The number of rotatable bonds is 2. The Morgan fingerprint density at radius 1 is 1.17 bits per heavy atom. The van der Waals surface area contributed by atoms with Gasteiger partial charge in [0.1, 0.15) is 0 Å². The van der Waals surface area contributed by atoms with Gasteiger partial charge in [-0.1, -0.05) is 18.2 Å². The van der Waals surface area contributed by atoms with Crippen LogP contribution in [0.5, 0.6) is 0 Å². The van der Waals surface area contributed by atoms with E-state index in [1.54, 1.807) is 6.07 Å². The van der Waals surface area contributed by atoms with Crippen LogP contribution in [0.4, 0.5) is 0 Å². The van der Waals surface area contributed by atoms with E-state index in [-0.39, 0.29) is 11.6 Å². The van der Waals surface area contributed by atoms with Crippen LogP contribution < -0.4 is 0 Å². The Labute approximate surface area is 109 Å². The molecule has 0 spiro atoms. The van der Waals surface area contributed by atoms with Crippen LogP contribution in [0.25, 0.3) is 0 Å². The van der Waals surface area contributed by atoms with E-state index in [2.05, 4.69) is 0 Å². The van der Waals surface area contributed by atoms with Crippen molar-refractivity contribution in [1.82, 2.24) is 0 Å². The van der Waals surface area contributed by atoms with Crippen molar-refractivity contribution in [2.45, 2.75) is 19.3 Å². The number of ketones is 2. The van der Waals surface area contributed by atoms with Gasteiger partial charge >= 0.3 is 0 Å². The number of carbonyl (C=O) groups is 2. The SMILES string of the molecule is O=C(c1ccc2c(c1)C(=O)CCC2)c1cccs1. The Morgan fingerprint density at radius 3 is 2.83 bits per heavy atom. The summed E-state index contributed by atoms with van der Waals surface area (Å²) in [4.78, 5) is 24.8. The molecule has 0 saturated carbocycles. The van der Waals surface area contributed by atoms with Crippen molar-refractivity contribution in [3.63, 3.8) is 0 Å². The molecule has 0 saturated heterocycles. The molecular formula is C15H12O2S. The van der Waals surface area contributed by atoms with Crippen LogP contribution in [-0.2, 0) is 6.42 Å². The highest BCUT2D eigenvalue weighted by atomic mass is 32.1. The second kappa shape index (κ2) is 4.50. The molecule has 0 unspecified atom stereocenters. The standard InChI is InChI=1S/C15H12O2S/c16-13-4-1-3-10-6-7-11(9-12(10)13)15(17)14-5-2-8-18-14/h2,5-9H,1,3-4H2. The van der Waals surface area contributed by atoms with Gasteiger partial charge in [0, 0.05) is 17.5 Å². The number of fused-ring (bicyclic) bond motifs is 1. The number of hydrogen-bond donors (Lipinski definition) is 0. The number of Topliss-reactive ketones (excluding diaryl/α,β-unsaturated/α-hetero) is 1. The van der Waals surface area contributed by atoms with Gasteiger partial charge in [0.15, 0.2) is 5.78 Å². The monoisotopic (exact) mass is 256 g/mol. The molecule has 3 heteroatoms. The minimum atomic E-state index is 0.00572. The first kappa shape index (κ1) is 11.4. The van der Waals surface area contributed by atoms with Gasteiger partial charge in [-0.3, -0.25) is 9.59 Å². The average molecular weight is 256 g/mol. The molecular weight excluding hydrogens is 244 g/mol. The van der Waals surface area contributed by atoms with E-state index in [0.29, 0.717) is 12.0 Å². The van der Waals surface area contributed by atoms with Gasteiger partial charge in [-0.05, 0) is 35.9 Å². The Morgan fingerprint density at radius 2 is 2.06 bits per heavy atom. The summed E-state index contributed by atoms with van der Waals surface area (Å²) < 4.78 is 0. The van der Waals surface area contributed by atoms with Gasteiger partial charge in [0.05, 0.1) is 4.88 Å². The minimum Gasteiger partial charge on any atom is -0.294 e. The van der Waals surface area contributed by atoms with Gasteiger partial charge in [-0.15, -0.1) is 11.3 Å². The highest BCUT2D eigenvalue weighted by molar-refractivity contribution is 7.12. The van der Waals surface area contributed by atoms with Crippen molar-refractivity contribution < 1.29 is 9.59 Å². The number of aryl methyl sites for hydroxylation is 1. The van der Waals surface area contributed by atoms with Crippen LogP contribution in [0, 0.1) is 0 Å². The molecule has 0 radical (unpaired) electrons. The fourth-order valence-electron chi connectivity index (χ4n) is 2.32. The lowest BCUT2D eigenvalue weighted by atomic mass is 9.88. The highest BCUT2D eigenvalue weighted by Crippen LogP contribution is 2.24. The molecule has 90 valence electrons. The summed E-state index contributed by atoms with van der Waals surface area (Å²) in [7, 11) is 0. The largest absolute Gasteiger partial charge is 0.294 e. The van der Waals surface area contributed by atoms with E-state index < -0.39 is 0 Å². The maximum absolute atomic E-state index is 12.2. The molecule has 0 N–H and O–H groups in total. The van der Waals surface area contributed by atoms with E-state index in [9.17, 15) is 9.59 Å². The summed E-state index contributed by atoms with van der Waals surface area (Å²) in [5, 5.41) is 1.89. The number of carbonyl (C=O) groups excluding carboxylic acids is 2. The van der Waals surface area contributed by atoms with Crippen molar-refractivity contribution in [2.75, 3.05) is 0 Å². The number of benzene rings is 1. The topological polar surface area (TPSA) is 34.1 Å². The third kappa shape index (κ3) is 1.91. The Balaban J connectivity index is 2.02. The Bertz CT molecular complexity index is 611. The molecule has 0 amide bonds. The number of hydrogen-bond acceptors (Lipinski definition) is 3. The average Bonchev–Trinajstić information content (AvgIpc) is 2.92.